The van der Waals surface area contributed by atoms with Gasteiger partial charge in [-0.1, -0.05) is 6.07 Å². The summed E-state index contributed by atoms with van der Waals surface area (Å²) in [6.45, 7) is 0. The maximum atomic E-state index is 3.20. The average molecular weight is 201 g/mol. The second-order valence-corrected chi connectivity index (χ2v) is 3.29. The molecule has 3 nitrogen and oxygen atoms in total. The largest absolute Gasteiger partial charge is 0.386 e. The van der Waals surface area contributed by atoms with Gasteiger partial charge in [-0.3, -0.25) is 0 Å². The van der Waals surface area contributed by atoms with Crippen molar-refractivity contribution in [2.24, 2.45) is 0 Å². The standard InChI is InChI=1S/C12H15N3/c1-13-10-6-5-7-11(14-2)12(10)15-8-3-4-9-15/h3-9,13-14H,1-2H3. The van der Waals surface area contributed by atoms with Crippen molar-refractivity contribution in [3.63, 3.8) is 0 Å². The number of hydrogen-bond donors (Lipinski definition) is 2. The van der Waals surface area contributed by atoms with Gasteiger partial charge < -0.3 is 15.2 Å². The van der Waals surface area contributed by atoms with Crippen molar-refractivity contribution in [1.82, 2.24) is 4.57 Å². The topological polar surface area (TPSA) is 29.0 Å². The molecule has 0 spiro atoms. The Labute approximate surface area is 89.7 Å². The van der Waals surface area contributed by atoms with E-state index < -0.39 is 0 Å². The molecule has 0 saturated carbocycles. The Balaban J connectivity index is 2.61. The third kappa shape index (κ3) is 1.68. The highest BCUT2D eigenvalue weighted by Crippen LogP contribution is 2.28. The van der Waals surface area contributed by atoms with Gasteiger partial charge in [0, 0.05) is 26.5 Å². The lowest BCUT2D eigenvalue weighted by Crippen LogP contribution is -2.02. The lowest BCUT2D eigenvalue weighted by Gasteiger charge is -2.15. The number of nitrogens with zero attached hydrogens (tertiary/aromatic N) is 1. The Morgan fingerprint density at radius 3 is 1.87 bits per heavy atom. The van der Waals surface area contributed by atoms with Crippen molar-refractivity contribution in [2.45, 2.75) is 0 Å². The van der Waals surface area contributed by atoms with E-state index in [1.165, 1.54) is 0 Å². The Hall–Kier alpha value is -1.90. The second kappa shape index (κ2) is 4.09. The average Bonchev–Trinajstić information content (AvgIpc) is 2.81. The number of aromatic nitrogens is 1. The number of rotatable bonds is 3. The van der Waals surface area contributed by atoms with Crippen molar-refractivity contribution in [3.05, 3.63) is 42.7 Å². The molecule has 0 fully saturated rings. The van der Waals surface area contributed by atoms with Crippen LogP contribution in [0.15, 0.2) is 42.7 Å². The summed E-state index contributed by atoms with van der Waals surface area (Å²) in [7, 11) is 3.86. The molecule has 0 bridgehead atoms. The van der Waals surface area contributed by atoms with Crippen molar-refractivity contribution in [3.8, 4) is 5.69 Å². The molecule has 0 radical (unpaired) electrons. The third-order valence-electron chi connectivity index (χ3n) is 2.44. The molecule has 0 aliphatic heterocycles. The quantitative estimate of drug-likeness (QED) is 0.799. The van der Waals surface area contributed by atoms with E-state index in [1.54, 1.807) is 0 Å². The molecule has 0 amide bonds. The van der Waals surface area contributed by atoms with Crippen molar-refractivity contribution in [1.29, 1.82) is 0 Å². The van der Waals surface area contributed by atoms with E-state index in [1.807, 2.05) is 44.7 Å². The zero-order valence-corrected chi connectivity index (χ0v) is 8.99. The number of anilines is 2. The lowest BCUT2D eigenvalue weighted by molar-refractivity contribution is 1.08. The highest BCUT2D eigenvalue weighted by atomic mass is 15.0. The maximum absolute atomic E-state index is 3.20. The molecule has 78 valence electrons. The zero-order valence-electron chi connectivity index (χ0n) is 8.99. The van der Waals surface area contributed by atoms with Crippen molar-refractivity contribution >= 4 is 11.4 Å². The second-order valence-electron chi connectivity index (χ2n) is 3.29. The molecular formula is C12H15N3. The van der Waals surface area contributed by atoms with E-state index in [2.05, 4.69) is 27.3 Å². The molecule has 15 heavy (non-hydrogen) atoms. The van der Waals surface area contributed by atoms with Crippen LogP contribution in [0.5, 0.6) is 0 Å². The number of nitrogens with one attached hydrogen (secondary N) is 2. The van der Waals surface area contributed by atoms with Gasteiger partial charge in [0.2, 0.25) is 0 Å². The summed E-state index contributed by atoms with van der Waals surface area (Å²) in [4.78, 5) is 0. The van der Waals surface area contributed by atoms with Gasteiger partial charge in [0.05, 0.1) is 17.1 Å². The summed E-state index contributed by atoms with van der Waals surface area (Å²) in [6.07, 6.45) is 4.08. The highest BCUT2D eigenvalue weighted by Gasteiger charge is 2.06. The van der Waals surface area contributed by atoms with Gasteiger partial charge in [0.1, 0.15) is 0 Å². The molecule has 0 aliphatic carbocycles. The molecule has 1 aromatic heterocycles. The molecule has 2 N–H and O–H groups in total. The first-order valence-electron chi connectivity index (χ1n) is 4.98. The molecule has 0 saturated heterocycles. The molecule has 3 heteroatoms. The highest BCUT2D eigenvalue weighted by molar-refractivity contribution is 5.75. The van der Waals surface area contributed by atoms with E-state index in [4.69, 9.17) is 0 Å². The Morgan fingerprint density at radius 1 is 0.867 bits per heavy atom. The van der Waals surface area contributed by atoms with Gasteiger partial charge in [0.25, 0.3) is 0 Å². The minimum Gasteiger partial charge on any atom is -0.386 e. The zero-order chi connectivity index (χ0) is 10.7. The van der Waals surface area contributed by atoms with Gasteiger partial charge in [-0.05, 0) is 24.3 Å². The summed E-state index contributed by atoms with van der Waals surface area (Å²) in [5.41, 5.74) is 3.36. The fraction of sp³-hybridized carbons (Fsp3) is 0.167. The first-order valence-corrected chi connectivity index (χ1v) is 4.98. The van der Waals surface area contributed by atoms with Crippen LogP contribution in [0.4, 0.5) is 11.4 Å². The van der Waals surface area contributed by atoms with Crippen LogP contribution in [0, 0.1) is 0 Å². The molecular weight excluding hydrogens is 186 g/mol. The van der Waals surface area contributed by atoms with Gasteiger partial charge in [0.15, 0.2) is 0 Å². The van der Waals surface area contributed by atoms with Crippen molar-refractivity contribution in [2.75, 3.05) is 24.7 Å². The first kappa shape index (κ1) is 9.65. The summed E-state index contributed by atoms with van der Waals surface area (Å²) in [5, 5.41) is 6.40. The van der Waals surface area contributed by atoms with E-state index in [0.29, 0.717) is 0 Å². The lowest BCUT2D eigenvalue weighted by atomic mass is 10.2. The number of benzene rings is 1. The summed E-state index contributed by atoms with van der Waals surface area (Å²) in [6, 6.07) is 10.2. The first-order chi connectivity index (χ1) is 7.36. The van der Waals surface area contributed by atoms with Crippen LogP contribution in [0.3, 0.4) is 0 Å². The molecule has 0 unspecified atom stereocenters. The summed E-state index contributed by atoms with van der Waals surface area (Å²) in [5.74, 6) is 0. The SMILES string of the molecule is CNc1cccc(NC)c1-n1cccc1. The van der Waals surface area contributed by atoms with Crippen LogP contribution in [0.2, 0.25) is 0 Å². The monoisotopic (exact) mass is 201 g/mol. The van der Waals surface area contributed by atoms with Crippen LogP contribution >= 0.6 is 0 Å². The smallest absolute Gasteiger partial charge is 0.0917 e. The predicted molar refractivity (Wildman–Crippen MR) is 64.9 cm³/mol. The van der Waals surface area contributed by atoms with E-state index in [-0.39, 0.29) is 0 Å². The molecule has 1 heterocycles. The predicted octanol–water partition coefficient (Wildman–Crippen LogP) is 2.56. The summed E-state index contributed by atoms with van der Waals surface area (Å²) >= 11 is 0. The van der Waals surface area contributed by atoms with Crippen LogP contribution in [-0.4, -0.2) is 18.7 Å². The van der Waals surface area contributed by atoms with Crippen LogP contribution in [0.1, 0.15) is 0 Å². The normalized spacial score (nSPS) is 10.0. The van der Waals surface area contributed by atoms with Gasteiger partial charge in [-0.25, -0.2) is 0 Å². The Kier molecular flexibility index (Phi) is 2.63. The number of hydrogen-bond acceptors (Lipinski definition) is 2. The fourth-order valence-electron chi connectivity index (χ4n) is 1.71. The van der Waals surface area contributed by atoms with Gasteiger partial charge >= 0.3 is 0 Å². The minimum absolute atomic E-state index is 1.11. The molecule has 2 rings (SSSR count). The minimum atomic E-state index is 1.11. The summed E-state index contributed by atoms with van der Waals surface area (Å²) < 4.78 is 2.09. The van der Waals surface area contributed by atoms with Crippen molar-refractivity contribution < 1.29 is 0 Å². The Morgan fingerprint density at radius 2 is 1.40 bits per heavy atom. The van der Waals surface area contributed by atoms with Crippen LogP contribution in [0.25, 0.3) is 5.69 Å². The van der Waals surface area contributed by atoms with Gasteiger partial charge in [-0.15, -0.1) is 0 Å². The fourth-order valence-corrected chi connectivity index (χ4v) is 1.71. The molecule has 0 aliphatic rings. The number of para-hydroxylation sites is 1. The van der Waals surface area contributed by atoms with E-state index in [9.17, 15) is 0 Å². The third-order valence-corrected chi connectivity index (χ3v) is 2.44. The van der Waals surface area contributed by atoms with Crippen LogP contribution < -0.4 is 10.6 Å². The molecule has 0 atom stereocenters. The maximum Gasteiger partial charge on any atom is 0.0917 e. The molecule has 2 aromatic rings. The van der Waals surface area contributed by atoms with Crippen LogP contribution in [-0.2, 0) is 0 Å². The molecule has 1 aromatic carbocycles. The Bertz CT molecular complexity index is 410. The van der Waals surface area contributed by atoms with E-state index in [0.717, 1.165) is 17.1 Å². The van der Waals surface area contributed by atoms with Gasteiger partial charge in [-0.2, -0.15) is 0 Å². The van der Waals surface area contributed by atoms with E-state index >= 15 is 0 Å².